The van der Waals surface area contributed by atoms with Crippen molar-refractivity contribution in [3.05, 3.63) is 42.0 Å². The summed E-state index contributed by atoms with van der Waals surface area (Å²) < 4.78 is 16.0. The molecule has 0 aliphatic heterocycles. The van der Waals surface area contributed by atoms with E-state index in [9.17, 15) is 5.11 Å². The highest BCUT2D eigenvalue weighted by atomic mass is 16.5. The number of benzene rings is 2. The van der Waals surface area contributed by atoms with E-state index >= 15 is 0 Å². The number of nitrogens with one attached hydrogen (secondary N) is 1. The zero-order valence-electron chi connectivity index (χ0n) is 12.3. The maximum absolute atomic E-state index is 9.28. The Bertz CT molecular complexity index is 571. The second kappa shape index (κ2) is 6.74. The predicted molar refractivity (Wildman–Crippen MR) is 81.5 cm³/mol. The highest BCUT2D eigenvalue weighted by Crippen LogP contribution is 2.34. The van der Waals surface area contributed by atoms with E-state index in [-0.39, 0.29) is 5.75 Å². The fraction of sp³-hybridized carbons (Fsp3) is 0.250. The first-order chi connectivity index (χ1) is 10.2. The maximum atomic E-state index is 9.28. The number of phenolic OH excluding ortho intramolecular Hbond substituents is 1. The molecule has 0 saturated carbocycles. The van der Waals surface area contributed by atoms with E-state index in [1.165, 1.54) is 0 Å². The third-order valence-corrected chi connectivity index (χ3v) is 3.15. The Morgan fingerprint density at radius 2 is 1.48 bits per heavy atom. The largest absolute Gasteiger partial charge is 0.508 e. The summed E-state index contributed by atoms with van der Waals surface area (Å²) in [6.45, 7) is 0.529. The number of anilines is 1. The first-order valence-corrected chi connectivity index (χ1v) is 6.49. The van der Waals surface area contributed by atoms with E-state index < -0.39 is 0 Å². The molecule has 0 spiro atoms. The van der Waals surface area contributed by atoms with E-state index in [1.807, 2.05) is 12.1 Å². The van der Waals surface area contributed by atoms with Crippen molar-refractivity contribution >= 4 is 5.69 Å². The second-order valence-corrected chi connectivity index (χ2v) is 4.41. The molecule has 2 rings (SSSR count). The molecule has 0 atom stereocenters. The van der Waals surface area contributed by atoms with Crippen LogP contribution in [0, 0.1) is 0 Å². The Hall–Kier alpha value is -2.56. The van der Waals surface area contributed by atoms with Gasteiger partial charge in [0.2, 0.25) is 0 Å². The lowest BCUT2D eigenvalue weighted by Crippen LogP contribution is -2.04. The molecule has 0 heterocycles. The number of aromatic hydroxyl groups is 1. The number of phenols is 1. The van der Waals surface area contributed by atoms with E-state index in [0.29, 0.717) is 23.8 Å². The molecule has 2 N–H and O–H groups in total. The van der Waals surface area contributed by atoms with Crippen LogP contribution in [0.2, 0.25) is 0 Å². The van der Waals surface area contributed by atoms with Gasteiger partial charge >= 0.3 is 0 Å². The van der Waals surface area contributed by atoms with Crippen molar-refractivity contribution in [2.45, 2.75) is 6.54 Å². The van der Waals surface area contributed by atoms with Crippen LogP contribution >= 0.6 is 0 Å². The average Bonchev–Trinajstić information content (AvgIpc) is 2.53. The molecule has 2 aromatic carbocycles. The van der Waals surface area contributed by atoms with Gasteiger partial charge in [-0.3, -0.25) is 0 Å². The average molecular weight is 289 g/mol. The van der Waals surface area contributed by atoms with Crippen LogP contribution in [0.3, 0.4) is 0 Å². The van der Waals surface area contributed by atoms with E-state index in [4.69, 9.17) is 14.2 Å². The van der Waals surface area contributed by atoms with Gasteiger partial charge in [-0.25, -0.2) is 0 Å². The molecule has 0 radical (unpaired) electrons. The molecular weight excluding hydrogens is 270 g/mol. The van der Waals surface area contributed by atoms with Gasteiger partial charge < -0.3 is 24.6 Å². The monoisotopic (exact) mass is 289 g/mol. The summed E-state index contributed by atoms with van der Waals surface area (Å²) in [6.07, 6.45) is 0. The molecule has 5 heteroatoms. The third kappa shape index (κ3) is 3.51. The zero-order valence-corrected chi connectivity index (χ0v) is 12.3. The van der Waals surface area contributed by atoms with Gasteiger partial charge in [-0.15, -0.1) is 0 Å². The molecule has 0 aliphatic rings. The number of methoxy groups -OCH3 is 3. The minimum absolute atomic E-state index is 0.236. The molecule has 21 heavy (non-hydrogen) atoms. The summed E-state index contributed by atoms with van der Waals surface area (Å²) in [4.78, 5) is 0. The van der Waals surface area contributed by atoms with Crippen LogP contribution in [-0.4, -0.2) is 26.4 Å². The first kappa shape index (κ1) is 14.8. The van der Waals surface area contributed by atoms with Gasteiger partial charge in [0.15, 0.2) is 0 Å². The third-order valence-electron chi connectivity index (χ3n) is 3.15. The molecule has 5 nitrogen and oxygen atoms in total. The number of rotatable bonds is 6. The number of hydrogen-bond donors (Lipinski definition) is 2. The predicted octanol–water partition coefficient (Wildman–Crippen LogP) is 3.03. The van der Waals surface area contributed by atoms with Crippen LogP contribution in [0.1, 0.15) is 5.56 Å². The molecule has 0 saturated heterocycles. The molecule has 0 aliphatic carbocycles. The normalized spacial score (nSPS) is 10.0. The highest BCUT2D eigenvalue weighted by molar-refractivity contribution is 5.53. The van der Waals surface area contributed by atoms with E-state index in [0.717, 1.165) is 11.3 Å². The van der Waals surface area contributed by atoms with Crippen LogP contribution in [0.25, 0.3) is 0 Å². The van der Waals surface area contributed by atoms with Gasteiger partial charge in [-0.2, -0.15) is 0 Å². The van der Waals surface area contributed by atoms with Gasteiger partial charge in [0, 0.05) is 24.4 Å². The SMILES string of the molecule is COc1cc(OC)c(CNc2ccc(O)cc2)c(OC)c1. The van der Waals surface area contributed by atoms with Gasteiger partial charge in [-0.1, -0.05) is 0 Å². The molecule has 0 fully saturated rings. The van der Waals surface area contributed by atoms with Crippen LogP contribution < -0.4 is 19.5 Å². The first-order valence-electron chi connectivity index (χ1n) is 6.49. The summed E-state index contributed by atoms with van der Waals surface area (Å²) in [7, 11) is 4.82. The van der Waals surface area contributed by atoms with Crippen LogP contribution in [0.15, 0.2) is 36.4 Å². The van der Waals surface area contributed by atoms with Crippen molar-refractivity contribution < 1.29 is 19.3 Å². The van der Waals surface area contributed by atoms with E-state index in [1.54, 1.807) is 45.6 Å². The minimum atomic E-state index is 0.236. The quantitative estimate of drug-likeness (QED) is 0.800. The molecule has 0 bridgehead atoms. The maximum Gasteiger partial charge on any atom is 0.131 e. The van der Waals surface area contributed by atoms with Gasteiger partial charge in [0.1, 0.15) is 23.0 Å². The lowest BCUT2D eigenvalue weighted by Gasteiger charge is -2.16. The van der Waals surface area contributed by atoms with E-state index in [2.05, 4.69) is 5.32 Å². The Balaban J connectivity index is 2.23. The molecule has 0 aromatic heterocycles. The highest BCUT2D eigenvalue weighted by Gasteiger charge is 2.13. The summed E-state index contributed by atoms with van der Waals surface area (Å²) >= 11 is 0. The summed E-state index contributed by atoms with van der Waals surface area (Å²) in [6, 6.07) is 10.5. The smallest absolute Gasteiger partial charge is 0.131 e. The van der Waals surface area contributed by atoms with Crippen LogP contribution in [0.5, 0.6) is 23.0 Å². The number of ether oxygens (including phenoxy) is 3. The Morgan fingerprint density at radius 3 is 1.95 bits per heavy atom. The van der Waals surface area contributed by atoms with Crippen molar-refractivity contribution in [2.75, 3.05) is 26.6 Å². The summed E-state index contributed by atoms with van der Waals surface area (Å²) in [5, 5.41) is 12.5. The Kier molecular flexibility index (Phi) is 4.77. The van der Waals surface area contributed by atoms with Crippen molar-refractivity contribution in [3.63, 3.8) is 0 Å². The van der Waals surface area contributed by atoms with Crippen molar-refractivity contribution in [3.8, 4) is 23.0 Å². The van der Waals surface area contributed by atoms with Crippen LogP contribution in [0.4, 0.5) is 5.69 Å². The van der Waals surface area contributed by atoms with Gasteiger partial charge in [0.05, 0.1) is 26.9 Å². The van der Waals surface area contributed by atoms with Crippen molar-refractivity contribution in [1.82, 2.24) is 0 Å². The fourth-order valence-corrected chi connectivity index (χ4v) is 2.02. The molecule has 2 aromatic rings. The summed E-state index contributed by atoms with van der Waals surface area (Å²) in [5.41, 5.74) is 1.79. The molecule has 112 valence electrons. The number of hydrogen-bond acceptors (Lipinski definition) is 5. The molecule has 0 unspecified atom stereocenters. The van der Waals surface area contributed by atoms with Gasteiger partial charge in [-0.05, 0) is 24.3 Å². The Labute approximate surface area is 124 Å². The van der Waals surface area contributed by atoms with Gasteiger partial charge in [0.25, 0.3) is 0 Å². The lowest BCUT2D eigenvalue weighted by molar-refractivity contribution is 0.369. The second-order valence-electron chi connectivity index (χ2n) is 4.41. The molecule has 0 amide bonds. The Morgan fingerprint density at radius 1 is 0.905 bits per heavy atom. The topological polar surface area (TPSA) is 60.0 Å². The minimum Gasteiger partial charge on any atom is -0.508 e. The van der Waals surface area contributed by atoms with Crippen molar-refractivity contribution in [1.29, 1.82) is 0 Å². The fourth-order valence-electron chi connectivity index (χ4n) is 2.02. The zero-order chi connectivity index (χ0) is 15.2. The lowest BCUT2D eigenvalue weighted by atomic mass is 10.1. The van der Waals surface area contributed by atoms with Crippen LogP contribution in [-0.2, 0) is 6.54 Å². The van der Waals surface area contributed by atoms with Crippen molar-refractivity contribution in [2.24, 2.45) is 0 Å². The summed E-state index contributed by atoms with van der Waals surface area (Å²) in [5.74, 6) is 2.30. The standard InChI is InChI=1S/C16H19NO4/c1-19-13-8-15(20-2)14(16(9-13)21-3)10-17-11-4-6-12(18)7-5-11/h4-9,17-18H,10H2,1-3H3. The molecular formula is C16H19NO4.